The van der Waals surface area contributed by atoms with Crippen molar-refractivity contribution in [1.82, 2.24) is 9.88 Å². The molecule has 0 aliphatic carbocycles. The van der Waals surface area contributed by atoms with Gasteiger partial charge in [-0.2, -0.15) is 0 Å². The first kappa shape index (κ1) is 16.1. The Morgan fingerprint density at radius 3 is 2.62 bits per heavy atom. The second-order valence-corrected chi connectivity index (χ2v) is 7.41. The fourth-order valence-corrected chi connectivity index (χ4v) is 3.47. The average molecular weight is 372 g/mol. The van der Waals surface area contributed by atoms with Gasteiger partial charge < -0.3 is 9.88 Å². The van der Waals surface area contributed by atoms with Gasteiger partial charge in [0, 0.05) is 35.6 Å². The quantitative estimate of drug-likeness (QED) is 0.848. The maximum absolute atomic E-state index is 12.4. The van der Waals surface area contributed by atoms with E-state index in [-0.39, 0.29) is 4.90 Å². The molecule has 5 nitrogen and oxygen atoms in total. The van der Waals surface area contributed by atoms with Gasteiger partial charge in [0.15, 0.2) is 0 Å². The molecule has 0 spiro atoms. The SMILES string of the molecule is CNCc1cc(S(=O)(=O)Nc2ccc(C)c(Br)c2)cn1C. The molecular weight excluding hydrogens is 354 g/mol. The number of aryl methyl sites for hydroxylation is 2. The number of rotatable bonds is 5. The molecular formula is C14H18BrN3O2S. The van der Waals surface area contributed by atoms with Crippen LogP contribution < -0.4 is 10.0 Å². The molecule has 1 aromatic carbocycles. The molecule has 0 aliphatic heterocycles. The monoisotopic (exact) mass is 371 g/mol. The van der Waals surface area contributed by atoms with Gasteiger partial charge in [-0.05, 0) is 37.7 Å². The maximum Gasteiger partial charge on any atom is 0.263 e. The topological polar surface area (TPSA) is 63.1 Å². The molecule has 0 unspecified atom stereocenters. The highest BCUT2D eigenvalue weighted by Gasteiger charge is 2.17. The molecule has 0 radical (unpaired) electrons. The highest BCUT2D eigenvalue weighted by molar-refractivity contribution is 9.10. The van der Waals surface area contributed by atoms with Crippen LogP contribution in [0.25, 0.3) is 0 Å². The summed E-state index contributed by atoms with van der Waals surface area (Å²) in [6, 6.07) is 7.03. The predicted molar refractivity (Wildman–Crippen MR) is 87.9 cm³/mol. The first-order valence-electron chi connectivity index (χ1n) is 6.42. The number of hydrogen-bond acceptors (Lipinski definition) is 3. The number of halogens is 1. The molecule has 1 aromatic heterocycles. The summed E-state index contributed by atoms with van der Waals surface area (Å²) in [5, 5.41) is 3.01. The van der Waals surface area contributed by atoms with Crippen molar-refractivity contribution < 1.29 is 8.42 Å². The van der Waals surface area contributed by atoms with E-state index in [1.54, 1.807) is 29.0 Å². The minimum absolute atomic E-state index is 0.256. The lowest BCUT2D eigenvalue weighted by atomic mass is 10.2. The number of aromatic nitrogens is 1. The van der Waals surface area contributed by atoms with Crippen LogP contribution in [0.1, 0.15) is 11.3 Å². The summed E-state index contributed by atoms with van der Waals surface area (Å²) < 4.78 is 30.1. The van der Waals surface area contributed by atoms with Crippen molar-refractivity contribution in [1.29, 1.82) is 0 Å². The molecule has 0 atom stereocenters. The van der Waals surface area contributed by atoms with Crippen LogP contribution in [-0.2, 0) is 23.6 Å². The van der Waals surface area contributed by atoms with Gasteiger partial charge in [-0.3, -0.25) is 4.72 Å². The van der Waals surface area contributed by atoms with E-state index in [2.05, 4.69) is 26.0 Å². The third kappa shape index (κ3) is 3.66. The normalized spacial score (nSPS) is 11.6. The van der Waals surface area contributed by atoms with Gasteiger partial charge in [-0.1, -0.05) is 22.0 Å². The second kappa shape index (κ2) is 6.21. The first-order chi connectivity index (χ1) is 9.83. The smallest absolute Gasteiger partial charge is 0.263 e. The van der Waals surface area contributed by atoms with Crippen LogP contribution in [-0.4, -0.2) is 20.0 Å². The van der Waals surface area contributed by atoms with Crippen LogP contribution in [0, 0.1) is 6.92 Å². The summed E-state index contributed by atoms with van der Waals surface area (Å²) in [6.07, 6.45) is 1.61. The van der Waals surface area contributed by atoms with E-state index in [4.69, 9.17) is 0 Å². The van der Waals surface area contributed by atoms with E-state index in [0.717, 1.165) is 15.7 Å². The van der Waals surface area contributed by atoms with Gasteiger partial charge in [0.2, 0.25) is 0 Å². The van der Waals surface area contributed by atoms with Crippen LogP contribution in [0.15, 0.2) is 39.8 Å². The first-order valence-corrected chi connectivity index (χ1v) is 8.70. The second-order valence-electron chi connectivity index (χ2n) is 4.88. The largest absolute Gasteiger partial charge is 0.352 e. The highest BCUT2D eigenvalue weighted by atomic mass is 79.9. The molecule has 7 heteroatoms. The van der Waals surface area contributed by atoms with Crippen molar-refractivity contribution in [3.05, 3.63) is 46.2 Å². The summed E-state index contributed by atoms with van der Waals surface area (Å²) in [5.41, 5.74) is 2.49. The van der Waals surface area contributed by atoms with E-state index >= 15 is 0 Å². The van der Waals surface area contributed by atoms with Crippen LogP contribution in [0.3, 0.4) is 0 Å². The van der Waals surface area contributed by atoms with E-state index < -0.39 is 10.0 Å². The van der Waals surface area contributed by atoms with Crippen LogP contribution in [0.5, 0.6) is 0 Å². The van der Waals surface area contributed by atoms with E-state index in [1.807, 2.05) is 27.1 Å². The van der Waals surface area contributed by atoms with Crippen molar-refractivity contribution in [2.75, 3.05) is 11.8 Å². The molecule has 1 heterocycles. The molecule has 114 valence electrons. The lowest BCUT2D eigenvalue weighted by Crippen LogP contribution is -2.12. The summed E-state index contributed by atoms with van der Waals surface area (Å²) >= 11 is 3.40. The average Bonchev–Trinajstić information content (AvgIpc) is 2.77. The molecule has 0 fully saturated rings. The molecule has 21 heavy (non-hydrogen) atoms. The van der Waals surface area contributed by atoms with Crippen molar-refractivity contribution in [3.63, 3.8) is 0 Å². The summed E-state index contributed by atoms with van der Waals surface area (Å²) in [5.74, 6) is 0. The van der Waals surface area contributed by atoms with Crippen molar-refractivity contribution in [2.24, 2.45) is 7.05 Å². The van der Waals surface area contributed by atoms with Gasteiger partial charge in [0.1, 0.15) is 4.90 Å². The number of benzene rings is 1. The lowest BCUT2D eigenvalue weighted by Gasteiger charge is -2.08. The number of anilines is 1. The molecule has 2 aromatic rings. The summed E-state index contributed by atoms with van der Waals surface area (Å²) in [6.45, 7) is 2.56. The standard InChI is InChI=1S/C14H18BrN3O2S/c1-10-4-5-11(6-14(10)15)17-21(19,20)13-7-12(8-16-2)18(3)9-13/h4-7,9,16-17H,8H2,1-3H3. The molecule has 2 N–H and O–H groups in total. The van der Waals surface area contributed by atoms with Crippen LogP contribution in [0.2, 0.25) is 0 Å². The van der Waals surface area contributed by atoms with Crippen molar-refractivity contribution in [2.45, 2.75) is 18.4 Å². The zero-order chi connectivity index (χ0) is 15.6. The highest BCUT2D eigenvalue weighted by Crippen LogP contribution is 2.23. The molecule has 2 rings (SSSR count). The minimum atomic E-state index is -3.58. The summed E-state index contributed by atoms with van der Waals surface area (Å²) in [4.78, 5) is 0.256. The van der Waals surface area contributed by atoms with Gasteiger partial charge in [0.25, 0.3) is 10.0 Å². The minimum Gasteiger partial charge on any atom is -0.352 e. The molecule has 0 saturated carbocycles. The van der Waals surface area contributed by atoms with Crippen LogP contribution >= 0.6 is 15.9 Å². The third-order valence-electron chi connectivity index (χ3n) is 3.18. The number of hydrogen-bond donors (Lipinski definition) is 2. The Labute approximate surface area is 133 Å². The van der Waals surface area contributed by atoms with Gasteiger partial charge in [-0.15, -0.1) is 0 Å². The Morgan fingerprint density at radius 2 is 2.00 bits per heavy atom. The Kier molecular flexibility index (Phi) is 4.75. The molecule has 0 aliphatic rings. The maximum atomic E-state index is 12.4. The molecule has 0 bridgehead atoms. The number of nitrogens with zero attached hydrogens (tertiary/aromatic N) is 1. The Balaban J connectivity index is 2.29. The van der Waals surface area contributed by atoms with Crippen molar-refractivity contribution in [3.8, 4) is 0 Å². The van der Waals surface area contributed by atoms with E-state index in [0.29, 0.717) is 12.2 Å². The fraction of sp³-hybridized carbons (Fsp3) is 0.286. The van der Waals surface area contributed by atoms with Crippen LogP contribution in [0.4, 0.5) is 5.69 Å². The van der Waals surface area contributed by atoms with Gasteiger partial charge in [0.05, 0.1) is 0 Å². The van der Waals surface area contributed by atoms with E-state index in [9.17, 15) is 8.42 Å². The molecule has 0 saturated heterocycles. The fourth-order valence-electron chi connectivity index (χ4n) is 1.95. The number of nitrogens with one attached hydrogen (secondary N) is 2. The summed E-state index contributed by atoms with van der Waals surface area (Å²) in [7, 11) is 0.0678. The molecule has 0 amide bonds. The third-order valence-corrected chi connectivity index (χ3v) is 5.38. The Hall–Kier alpha value is -1.31. The predicted octanol–water partition coefficient (Wildman–Crippen LogP) is 2.62. The van der Waals surface area contributed by atoms with Gasteiger partial charge >= 0.3 is 0 Å². The van der Waals surface area contributed by atoms with E-state index in [1.165, 1.54) is 0 Å². The van der Waals surface area contributed by atoms with Crippen molar-refractivity contribution >= 4 is 31.6 Å². The van der Waals surface area contributed by atoms with Gasteiger partial charge in [-0.25, -0.2) is 8.42 Å². The Morgan fingerprint density at radius 1 is 1.29 bits per heavy atom. The zero-order valence-electron chi connectivity index (χ0n) is 12.1. The Bertz CT molecular complexity index is 754. The number of sulfonamides is 1. The lowest BCUT2D eigenvalue weighted by molar-refractivity contribution is 0.601. The zero-order valence-corrected chi connectivity index (χ0v) is 14.5.